The van der Waals surface area contributed by atoms with Crippen molar-refractivity contribution >= 4 is 0 Å². The summed E-state index contributed by atoms with van der Waals surface area (Å²) in [6.07, 6.45) is 4.47. The highest BCUT2D eigenvalue weighted by atomic mass is 19.1. The molecule has 1 aromatic carbocycles. The Bertz CT molecular complexity index is 368. The zero-order valence-electron chi connectivity index (χ0n) is 12.3. The van der Waals surface area contributed by atoms with Crippen LogP contribution in [-0.4, -0.2) is 19.2 Å². The minimum absolute atomic E-state index is 0.238. The molecule has 1 atom stereocenters. The second-order valence-corrected chi connectivity index (χ2v) is 5.11. The highest BCUT2D eigenvalue weighted by Crippen LogP contribution is 2.19. The van der Waals surface area contributed by atoms with E-state index in [1.807, 2.05) is 6.92 Å². The molecule has 1 N–H and O–H groups in total. The number of unbranched alkanes of at least 4 members (excludes halogenated alkanes) is 1. The highest BCUT2D eigenvalue weighted by Gasteiger charge is 2.03. The van der Waals surface area contributed by atoms with Crippen molar-refractivity contribution in [2.45, 2.75) is 52.5 Å². The van der Waals surface area contributed by atoms with Gasteiger partial charge in [0.15, 0.2) is 0 Å². The molecular formula is C16H26FNO. The van der Waals surface area contributed by atoms with Gasteiger partial charge in [-0.2, -0.15) is 0 Å². The van der Waals surface area contributed by atoms with Gasteiger partial charge >= 0.3 is 0 Å². The molecule has 0 amide bonds. The fourth-order valence-corrected chi connectivity index (χ4v) is 1.96. The molecule has 0 spiro atoms. The third-order valence-electron chi connectivity index (χ3n) is 3.18. The molecule has 2 nitrogen and oxygen atoms in total. The van der Waals surface area contributed by atoms with Crippen LogP contribution in [0.15, 0.2) is 18.2 Å². The monoisotopic (exact) mass is 267 g/mol. The number of rotatable bonds is 9. The smallest absolute Gasteiger partial charge is 0.126 e. The molecule has 1 rings (SSSR count). The first kappa shape index (κ1) is 16.0. The van der Waals surface area contributed by atoms with E-state index in [0.29, 0.717) is 18.4 Å². The zero-order chi connectivity index (χ0) is 14.1. The van der Waals surface area contributed by atoms with Gasteiger partial charge in [-0.05, 0) is 57.7 Å². The van der Waals surface area contributed by atoms with Crippen molar-refractivity contribution in [3.8, 4) is 5.75 Å². The summed E-state index contributed by atoms with van der Waals surface area (Å²) in [5, 5.41) is 3.47. The second-order valence-electron chi connectivity index (χ2n) is 5.11. The molecule has 1 unspecified atom stereocenters. The maximum atomic E-state index is 13.1. The number of halogens is 1. The van der Waals surface area contributed by atoms with Crippen LogP contribution in [0, 0.1) is 12.7 Å². The normalized spacial score (nSPS) is 12.4. The van der Waals surface area contributed by atoms with Crippen molar-refractivity contribution in [2.24, 2.45) is 0 Å². The first-order chi connectivity index (χ1) is 9.13. The Morgan fingerprint density at radius 1 is 1.32 bits per heavy atom. The fourth-order valence-electron chi connectivity index (χ4n) is 1.96. The molecule has 0 saturated carbocycles. The van der Waals surface area contributed by atoms with E-state index in [9.17, 15) is 4.39 Å². The molecule has 0 saturated heterocycles. The van der Waals surface area contributed by atoms with Gasteiger partial charge in [0.05, 0.1) is 6.61 Å². The molecular weight excluding hydrogens is 241 g/mol. The lowest BCUT2D eigenvalue weighted by molar-refractivity contribution is 0.298. The number of ether oxygens (including phenoxy) is 1. The van der Waals surface area contributed by atoms with Crippen molar-refractivity contribution in [1.82, 2.24) is 5.32 Å². The van der Waals surface area contributed by atoms with E-state index in [4.69, 9.17) is 4.74 Å². The quantitative estimate of drug-likeness (QED) is 0.681. The summed E-state index contributed by atoms with van der Waals surface area (Å²) < 4.78 is 18.7. The van der Waals surface area contributed by atoms with Crippen LogP contribution in [0.5, 0.6) is 5.75 Å². The first-order valence-electron chi connectivity index (χ1n) is 7.25. The molecule has 0 aromatic heterocycles. The maximum Gasteiger partial charge on any atom is 0.126 e. The van der Waals surface area contributed by atoms with E-state index >= 15 is 0 Å². The Kier molecular flexibility index (Phi) is 7.49. The van der Waals surface area contributed by atoms with Crippen LogP contribution in [0.1, 0.15) is 45.1 Å². The summed E-state index contributed by atoms with van der Waals surface area (Å²) in [4.78, 5) is 0. The lowest BCUT2D eigenvalue weighted by Crippen LogP contribution is -2.26. The standard InChI is InChI=1S/C16H26FNO/c1-4-10-18-14(3)7-5-6-11-19-16-12-15(17)9-8-13(16)2/h8-9,12,14,18H,4-7,10-11H2,1-3H3. The summed E-state index contributed by atoms with van der Waals surface area (Å²) in [6, 6.07) is 5.24. The van der Waals surface area contributed by atoms with Gasteiger partial charge in [-0.1, -0.05) is 13.0 Å². The van der Waals surface area contributed by atoms with Gasteiger partial charge in [-0.15, -0.1) is 0 Å². The summed E-state index contributed by atoms with van der Waals surface area (Å²) >= 11 is 0. The third-order valence-corrected chi connectivity index (χ3v) is 3.18. The largest absolute Gasteiger partial charge is 0.493 e. The predicted molar refractivity (Wildman–Crippen MR) is 78.2 cm³/mol. The topological polar surface area (TPSA) is 21.3 Å². The van der Waals surface area contributed by atoms with Crippen LogP contribution in [0.25, 0.3) is 0 Å². The van der Waals surface area contributed by atoms with Crippen molar-refractivity contribution in [3.63, 3.8) is 0 Å². The molecule has 0 aliphatic rings. The van der Waals surface area contributed by atoms with E-state index in [1.165, 1.54) is 18.6 Å². The zero-order valence-corrected chi connectivity index (χ0v) is 12.3. The van der Waals surface area contributed by atoms with Gasteiger partial charge in [0.25, 0.3) is 0 Å². The lowest BCUT2D eigenvalue weighted by atomic mass is 10.1. The van der Waals surface area contributed by atoms with Crippen molar-refractivity contribution < 1.29 is 9.13 Å². The van der Waals surface area contributed by atoms with Crippen molar-refractivity contribution in [2.75, 3.05) is 13.2 Å². The summed E-state index contributed by atoms with van der Waals surface area (Å²) in [5.74, 6) is 0.426. The fraction of sp³-hybridized carbons (Fsp3) is 0.625. The summed E-state index contributed by atoms with van der Waals surface area (Å²) in [6.45, 7) is 8.07. The van der Waals surface area contributed by atoms with Gasteiger partial charge in [0.2, 0.25) is 0 Å². The van der Waals surface area contributed by atoms with Gasteiger partial charge in [0, 0.05) is 12.1 Å². The van der Waals surface area contributed by atoms with Gasteiger partial charge < -0.3 is 10.1 Å². The molecule has 0 aliphatic carbocycles. The Morgan fingerprint density at radius 2 is 2.11 bits per heavy atom. The number of nitrogens with one attached hydrogen (secondary N) is 1. The molecule has 3 heteroatoms. The first-order valence-corrected chi connectivity index (χ1v) is 7.25. The number of benzene rings is 1. The Hall–Kier alpha value is -1.09. The van der Waals surface area contributed by atoms with E-state index in [0.717, 1.165) is 31.4 Å². The minimum atomic E-state index is -0.238. The van der Waals surface area contributed by atoms with Crippen LogP contribution in [0.4, 0.5) is 4.39 Å². The van der Waals surface area contributed by atoms with Crippen LogP contribution < -0.4 is 10.1 Å². The highest BCUT2D eigenvalue weighted by molar-refractivity contribution is 5.32. The molecule has 1 aromatic rings. The number of aryl methyl sites for hydroxylation is 1. The van der Waals surface area contributed by atoms with Gasteiger partial charge in [0.1, 0.15) is 11.6 Å². The van der Waals surface area contributed by atoms with E-state index in [2.05, 4.69) is 19.2 Å². The van der Waals surface area contributed by atoms with E-state index in [-0.39, 0.29) is 5.82 Å². The molecule has 19 heavy (non-hydrogen) atoms. The van der Waals surface area contributed by atoms with Crippen LogP contribution in [0.2, 0.25) is 0 Å². The van der Waals surface area contributed by atoms with Crippen LogP contribution >= 0.6 is 0 Å². The van der Waals surface area contributed by atoms with Crippen molar-refractivity contribution in [1.29, 1.82) is 0 Å². The maximum absolute atomic E-state index is 13.1. The summed E-state index contributed by atoms with van der Waals surface area (Å²) in [5.41, 5.74) is 0.986. The average Bonchev–Trinajstić information content (AvgIpc) is 2.39. The average molecular weight is 267 g/mol. The number of hydrogen-bond acceptors (Lipinski definition) is 2. The molecule has 0 fully saturated rings. The van der Waals surface area contributed by atoms with Crippen molar-refractivity contribution in [3.05, 3.63) is 29.6 Å². The molecule has 0 radical (unpaired) electrons. The number of hydrogen-bond donors (Lipinski definition) is 1. The second kappa shape index (κ2) is 8.92. The Morgan fingerprint density at radius 3 is 2.84 bits per heavy atom. The van der Waals surface area contributed by atoms with Gasteiger partial charge in [-0.3, -0.25) is 0 Å². The Balaban J connectivity index is 2.15. The molecule has 108 valence electrons. The molecule has 0 bridgehead atoms. The third kappa shape index (κ3) is 6.58. The van der Waals surface area contributed by atoms with Gasteiger partial charge in [-0.25, -0.2) is 4.39 Å². The molecule has 0 heterocycles. The molecule has 0 aliphatic heterocycles. The minimum Gasteiger partial charge on any atom is -0.493 e. The van der Waals surface area contributed by atoms with Crippen LogP contribution in [-0.2, 0) is 0 Å². The lowest BCUT2D eigenvalue weighted by Gasteiger charge is -2.13. The van der Waals surface area contributed by atoms with E-state index in [1.54, 1.807) is 6.07 Å². The van der Waals surface area contributed by atoms with E-state index < -0.39 is 0 Å². The SMILES string of the molecule is CCCNC(C)CCCCOc1cc(F)ccc1C. The Labute approximate surface area is 116 Å². The summed E-state index contributed by atoms with van der Waals surface area (Å²) in [7, 11) is 0. The predicted octanol–water partition coefficient (Wildman–Crippen LogP) is 4.07. The van der Waals surface area contributed by atoms with Crippen LogP contribution in [0.3, 0.4) is 0 Å².